The topological polar surface area (TPSA) is 38.0 Å². The van der Waals surface area contributed by atoms with Gasteiger partial charge in [-0.2, -0.15) is 5.10 Å². The Bertz CT molecular complexity index is 564. The second kappa shape index (κ2) is 6.44. The van der Waals surface area contributed by atoms with E-state index in [1.54, 1.807) is 0 Å². The maximum Gasteiger partial charge on any atom is 0.0572 e. The van der Waals surface area contributed by atoms with Crippen LogP contribution in [0.2, 0.25) is 0 Å². The molecule has 0 bridgehead atoms. The number of hydrogen-bond acceptors (Lipinski definition) is 2. The summed E-state index contributed by atoms with van der Waals surface area (Å²) in [5, 5.41) is 14.7. The Morgan fingerprint density at radius 3 is 2.76 bits per heavy atom. The Labute approximate surface area is 126 Å². The molecule has 1 aliphatic carbocycles. The van der Waals surface area contributed by atoms with Crippen LogP contribution in [0.5, 0.6) is 0 Å². The molecule has 3 atom stereocenters. The van der Waals surface area contributed by atoms with Gasteiger partial charge in [0, 0.05) is 12.7 Å². The van der Waals surface area contributed by atoms with Crippen molar-refractivity contribution in [2.75, 3.05) is 0 Å². The summed E-state index contributed by atoms with van der Waals surface area (Å²) >= 11 is 0. The van der Waals surface area contributed by atoms with Crippen molar-refractivity contribution in [3.63, 3.8) is 0 Å². The van der Waals surface area contributed by atoms with E-state index in [-0.39, 0.29) is 6.10 Å². The third kappa shape index (κ3) is 3.35. The number of rotatable bonds is 4. The van der Waals surface area contributed by atoms with Gasteiger partial charge < -0.3 is 5.11 Å². The van der Waals surface area contributed by atoms with Crippen molar-refractivity contribution >= 4 is 0 Å². The first kappa shape index (κ1) is 14.3. The van der Waals surface area contributed by atoms with Crippen LogP contribution in [0.25, 0.3) is 0 Å². The molecular weight excluding hydrogens is 260 g/mol. The van der Waals surface area contributed by atoms with E-state index in [9.17, 15) is 5.11 Å². The van der Waals surface area contributed by atoms with E-state index < -0.39 is 0 Å². The zero-order chi connectivity index (χ0) is 14.7. The van der Waals surface area contributed by atoms with Crippen LogP contribution in [0, 0.1) is 5.92 Å². The van der Waals surface area contributed by atoms with Crippen LogP contribution in [0.3, 0.4) is 0 Å². The second-order valence-electron chi connectivity index (χ2n) is 6.16. The Morgan fingerprint density at radius 1 is 1.24 bits per heavy atom. The molecule has 0 spiro atoms. The average Bonchev–Trinajstić information content (AvgIpc) is 2.98. The number of aromatic nitrogens is 2. The normalized spacial score (nSPS) is 25.9. The van der Waals surface area contributed by atoms with Crippen LogP contribution in [0.15, 0.2) is 42.7 Å². The van der Waals surface area contributed by atoms with Gasteiger partial charge >= 0.3 is 0 Å². The fraction of sp³-hybridized carbons (Fsp3) is 0.500. The van der Waals surface area contributed by atoms with E-state index in [4.69, 9.17) is 0 Å². The summed E-state index contributed by atoms with van der Waals surface area (Å²) in [7, 11) is 0. The van der Waals surface area contributed by atoms with E-state index in [1.807, 2.05) is 10.9 Å². The summed E-state index contributed by atoms with van der Waals surface area (Å²) in [6, 6.07) is 10.7. The van der Waals surface area contributed by atoms with Crippen molar-refractivity contribution in [3.05, 3.63) is 53.9 Å². The molecule has 1 aromatic heterocycles. The van der Waals surface area contributed by atoms with E-state index in [0.717, 1.165) is 32.2 Å². The first-order chi connectivity index (χ1) is 10.3. The van der Waals surface area contributed by atoms with Crippen molar-refractivity contribution in [1.82, 2.24) is 9.78 Å². The van der Waals surface area contributed by atoms with Crippen molar-refractivity contribution in [2.24, 2.45) is 5.92 Å². The first-order valence-electron chi connectivity index (χ1n) is 8.00. The highest BCUT2D eigenvalue weighted by Crippen LogP contribution is 2.37. The molecule has 1 fully saturated rings. The molecule has 112 valence electrons. The lowest BCUT2D eigenvalue weighted by molar-refractivity contribution is 0.0619. The standard InChI is InChI=1S/C18H24N2O/c1-2-20-13-14(12-19-20)10-17-11-16(8-9-18(17)21)15-6-4-3-5-7-15/h3-7,12-13,16-18,21H,2,8-11H2,1H3. The molecule has 1 aromatic carbocycles. The number of hydrogen-bond donors (Lipinski definition) is 1. The van der Waals surface area contributed by atoms with Crippen molar-refractivity contribution < 1.29 is 5.11 Å². The third-order valence-electron chi connectivity index (χ3n) is 4.72. The number of aliphatic hydroxyl groups is 1. The lowest BCUT2D eigenvalue weighted by Crippen LogP contribution is -2.29. The van der Waals surface area contributed by atoms with Gasteiger partial charge in [-0.25, -0.2) is 0 Å². The molecule has 2 aromatic rings. The monoisotopic (exact) mass is 284 g/mol. The second-order valence-corrected chi connectivity index (χ2v) is 6.16. The van der Waals surface area contributed by atoms with Gasteiger partial charge in [-0.05, 0) is 55.6 Å². The van der Waals surface area contributed by atoms with Gasteiger partial charge in [0.05, 0.1) is 12.3 Å². The number of aliphatic hydroxyl groups excluding tert-OH is 1. The van der Waals surface area contributed by atoms with Crippen LogP contribution < -0.4 is 0 Å². The lowest BCUT2D eigenvalue weighted by atomic mass is 9.74. The number of nitrogens with zero attached hydrogens (tertiary/aromatic N) is 2. The summed E-state index contributed by atoms with van der Waals surface area (Å²) in [5.41, 5.74) is 2.66. The molecule has 0 radical (unpaired) electrons. The van der Waals surface area contributed by atoms with E-state index in [0.29, 0.717) is 11.8 Å². The van der Waals surface area contributed by atoms with Crippen LogP contribution in [-0.2, 0) is 13.0 Å². The van der Waals surface area contributed by atoms with E-state index in [1.165, 1.54) is 11.1 Å². The molecule has 1 saturated carbocycles. The average molecular weight is 284 g/mol. The SMILES string of the molecule is CCn1cc(CC2CC(c3ccccc3)CCC2O)cn1. The minimum absolute atomic E-state index is 0.171. The molecule has 1 N–H and O–H groups in total. The van der Waals surface area contributed by atoms with E-state index >= 15 is 0 Å². The zero-order valence-corrected chi connectivity index (χ0v) is 12.7. The van der Waals surface area contributed by atoms with Gasteiger partial charge in [0.1, 0.15) is 0 Å². The molecule has 3 nitrogen and oxygen atoms in total. The summed E-state index contributed by atoms with van der Waals surface area (Å²) < 4.78 is 1.96. The minimum atomic E-state index is -0.171. The molecule has 3 heteroatoms. The molecule has 3 rings (SSSR count). The third-order valence-corrected chi connectivity index (χ3v) is 4.72. The van der Waals surface area contributed by atoms with Crippen LogP contribution >= 0.6 is 0 Å². The smallest absolute Gasteiger partial charge is 0.0572 e. The quantitative estimate of drug-likeness (QED) is 0.934. The van der Waals surface area contributed by atoms with Gasteiger partial charge in [0.25, 0.3) is 0 Å². The van der Waals surface area contributed by atoms with Gasteiger partial charge in [-0.3, -0.25) is 4.68 Å². The molecular formula is C18H24N2O. The Balaban J connectivity index is 1.69. The fourth-order valence-electron chi connectivity index (χ4n) is 3.48. The predicted molar refractivity (Wildman–Crippen MR) is 84.1 cm³/mol. The maximum absolute atomic E-state index is 10.3. The van der Waals surface area contributed by atoms with Crippen LogP contribution in [-0.4, -0.2) is 21.0 Å². The van der Waals surface area contributed by atoms with Crippen molar-refractivity contribution in [3.8, 4) is 0 Å². The highest BCUT2D eigenvalue weighted by Gasteiger charge is 2.30. The highest BCUT2D eigenvalue weighted by atomic mass is 16.3. The number of benzene rings is 1. The molecule has 0 saturated heterocycles. The maximum atomic E-state index is 10.3. The van der Waals surface area contributed by atoms with Gasteiger partial charge in [-0.1, -0.05) is 30.3 Å². The summed E-state index contributed by atoms with van der Waals surface area (Å²) in [5.74, 6) is 0.930. The lowest BCUT2D eigenvalue weighted by Gasteiger charge is -2.33. The van der Waals surface area contributed by atoms with Crippen molar-refractivity contribution in [1.29, 1.82) is 0 Å². The Morgan fingerprint density at radius 2 is 2.05 bits per heavy atom. The zero-order valence-electron chi connectivity index (χ0n) is 12.7. The largest absolute Gasteiger partial charge is 0.393 e. The fourth-order valence-corrected chi connectivity index (χ4v) is 3.48. The minimum Gasteiger partial charge on any atom is -0.393 e. The van der Waals surface area contributed by atoms with Crippen LogP contribution in [0.1, 0.15) is 43.2 Å². The Kier molecular flexibility index (Phi) is 4.39. The highest BCUT2D eigenvalue weighted by molar-refractivity contribution is 5.20. The molecule has 21 heavy (non-hydrogen) atoms. The van der Waals surface area contributed by atoms with Gasteiger partial charge in [0.2, 0.25) is 0 Å². The summed E-state index contributed by atoms with van der Waals surface area (Å²) in [6.45, 7) is 3.00. The predicted octanol–water partition coefficient (Wildman–Crippen LogP) is 3.39. The molecule has 0 aliphatic heterocycles. The summed E-state index contributed by atoms with van der Waals surface area (Å²) in [4.78, 5) is 0. The summed E-state index contributed by atoms with van der Waals surface area (Å²) in [6.07, 6.45) is 7.89. The molecule has 1 heterocycles. The van der Waals surface area contributed by atoms with Gasteiger partial charge in [0.15, 0.2) is 0 Å². The van der Waals surface area contributed by atoms with E-state index in [2.05, 4.69) is 48.6 Å². The Hall–Kier alpha value is -1.61. The van der Waals surface area contributed by atoms with Crippen molar-refractivity contribution in [2.45, 2.75) is 51.2 Å². The molecule has 1 aliphatic rings. The first-order valence-corrected chi connectivity index (χ1v) is 8.00. The molecule has 3 unspecified atom stereocenters. The van der Waals surface area contributed by atoms with Gasteiger partial charge in [-0.15, -0.1) is 0 Å². The number of aryl methyl sites for hydroxylation is 1. The van der Waals surface area contributed by atoms with Crippen LogP contribution in [0.4, 0.5) is 0 Å². The molecule has 0 amide bonds.